The van der Waals surface area contributed by atoms with Crippen molar-refractivity contribution in [3.05, 3.63) is 95.8 Å². The highest BCUT2D eigenvalue weighted by atomic mass is 16.5. The first-order valence-corrected chi connectivity index (χ1v) is 15.4. The Bertz CT molecular complexity index is 1950. The van der Waals surface area contributed by atoms with Gasteiger partial charge in [0, 0.05) is 38.3 Å². The van der Waals surface area contributed by atoms with Crippen molar-refractivity contribution in [3.8, 4) is 11.7 Å². The van der Waals surface area contributed by atoms with E-state index >= 15 is 0 Å². The van der Waals surface area contributed by atoms with Crippen molar-refractivity contribution in [2.45, 2.75) is 20.4 Å². The Hall–Kier alpha value is -5.82. The van der Waals surface area contributed by atoms with E-state index in [0.717, 1.165) is 34.3 Å². The Balaban J connectivity index is 1.55. The monoisotopic (exact) mass is 648 g/mol. The number of nitrogens with one attached hydrogen (secondary N) is 3. The van der Waals surface area contributed by atoms with Crippen LogP contribution < -0.4 is 25.6 Å². The summed E-state index contributed by atoms with van der Waals surface area (Å²) in [5, 5.41) is 14.7. The maximum Gasteiger partial charge on any atom is 0.256 e. The molecule has 0 bridgehead atoms. The molecule has 13 heteroatoms. The quantitative estimate of drug-likeness (QED) is 0.155. The molecule has 3 heterocycles. The lowest BCUT2D eigenvalue weighted by Crippen LogP contribution is -2.30. The molecule has 5 aromatic rings. The molecule has 3 aromatic heterocycles. The number of carbonyl (C=O) groups excluding carboxylic acids is 2. The topological polar surface area (TPSA) is 142 Å². The largest absolute Gasteiger partial charge is 0.479 e. The van der Waals surface area contributed by atoms with Crippen LogP contribution in [0.1, 0.15) is 27.2 Å². The number of aryl methyl sites for hydroxylation is 2. The molecule has 0 saturated carbocycles. The van der Waals surface area contributed by atoms with E-state index in [1.807, 2.05) is 88.4 Å². The number of aromatic nitrogens is 5. The number of hydrogen-bond acceptors (Lipinski definition) is 10. The summed E-state index contributed by atoms with van der Waals surface area (Å²) in [6, 6.07) is 17.4. The van der Waals surface area contributed by atoms with E-state index in [2.05, 4.69) is 32.4 Å². The van der Waals surface area contributed by atoms with Crippen molar-refractivity contribution in [1.82, 2.24) is 34.9 Å². The summed E-state index contributed by atoms with van der Waals surface area (Å²) < 4.78 is 7.30. The molecule has 0 aliphatic heterocycles. The van der Waals surface area contributed by atoms with Gasteiger partial charge in [-0.1, -0.05) is 54.6 Å². The minimum Gasteiger partial charge on any atom is -0.479 e. The van der Waals surface area contributed by atoms with Crippen LogP contribution in [-0.4, -0.2) is 82.8 Å². The van der Waals surface area contributed by atoms with Crippen LogP contribution in [0.4, 0.5) is 23.1 Å². The molecule has 0 spiro atoms. The molecule has 48 heavy (non-hydrogen) atoms. The number of carbonyl (C=O) groups is 2. The van der Waals surface area contributed by atoms with Gasteiger partial charge in [-0.3, -0.25) is 9.59 Å². The molecule has 0 aliphatic carbocycles. The summed E-state index contributed by atoms with van der Waals surface area (Å²) in [5.41, 5.74) is 4.74. The van der Waals surface area contributed by atoms with Crippen molar-refractivity contribution in [3.63, 3.8) is 0 Å². The SMILES string of the molecule is C=CC(=O)Nc1cc(Nc2ncc(C(=O)NCc3ccc(C)cc3)c(-n3nc(C)c4ccccc43)n2)c(OC)nc1N(C)CCN(C)C. The van der Waals surface area contributed by atoms with Crippen LogP contribution in [-0.2, 0) is 11.3 Å². The first-order valence-electron chi connectivity index (χ1n) is 15.4. The number of fused-ring (bicyclic) bond motifs is 1. The highest BCUT2D eigenvalue weighted by Crippen LogP contribution is 2.35. The van der Waals surface area contributed by atoms with Gasteiger partial charge in [0.1, 0.15) is 11.3 Å². The first kappa shape index (κ1) is 33.5. The van der Waals surface area contributed by atoms with E-state index in [-0.39, 0.29) is 29.1 Å². The van der Waals surface area contributed by atoms with Gasteiger partial charge in [0.25, 0.3) is 5.91 Å². The molecule has 0 aliphatic rings. The number of para-hydroxylation sites is 1. The first-order chi connectivity index (χ1) is 23.1. The lowest BCUT2D eigenvalue weighted by Gasteiger charge is -2.24. The Kier molecular flexibility index (Phi) is 10.3. The van der Waals surface area contributed by atoms with Crippen LogP contribution in [0.25, 0.3) is 16.7 Å². The van der Waals surface area contributed by atoms with Gasteiger partial charge < -0.3 is 30.5 Å². The molecule has 3 N–H and O–H groups in total. The van der Waals surface area contributed by atoms with E-state index in [9.17, 15) is 9.59 Å². The summed E-state index contributed by atoms with van der Waals surface area (Å²) in [7, 11) is 7.35. The lowest BCUT2D eigenvalue weighted by molar-refractivity contribution is -0.111. The zero-order valence-corrected chi connectivity index (χ0v) is 28.0. The standard InChI is InChI=1S/C35H40N10O3/c1-8-30(46)38-27-19-28(34(48-7)40-32(27)44(6)18-17-43(4)5)39-35-37-21-26(33(47)36-20-24-15-13-22(2)14-16-24)31(41-35)45-29-12-10-9-11-25(29)23(3)42-45/h8-16,19,21H,1,17-18,20H2,2-7H3,(H,36,47)(H,38,46)(H,37,39,41). The average Bonchev–Trinajstić information content (AvgIpc) is 3.42. The number of hydrogen-bond donors (Lipinski definition) is 3. The van der Waals surface area contributed by atoms with E-state index in [4.69, 9.17) is 19.8 Å². The summed E-state index contributed by atoms with van der Waals surface area (Å²) in [4.78, 5) is 44.0. The maximum absolute atomic E-state index is 13.6. The Labute approximate surface area is 279 Å². The zero-order valence-electron chi connectivity index (χ0n) is 28.0. The van der Waals surface area contributed by atoms with Crippen molar-refractivity contribution >= 4 is 45.9 Å². The number of likely N-dealkylation sites (N-methyl/N-ethyl adjacent to an activating group) is 2. The third kappa shape index (κ3) is 7.58. The number of methoxy groups -OCH3 is 1. The second-order valence-corrected chi connectivity index (χ2v) is 11.6. The van der Waals surface area contributed by atoms with Gasteiger partial charge in [-0.25, -0.2) is 9.67 Å². The number of benzene rings is 2. The van der Waals surface area contributed by atoms with Gasteiger partial charge >= 0.3 is 0 Å². The Morgan fingerprint density at radius 2 is 1.75 bits per heavy atom. The molecule has 0 radical (unpaired) electrons. The summed E-state index contributed by atoms with van der Waals surface area (Å²) in [5.74, 6) is 0.458. The van der Waals surface area contributed by atoms with Gasteiger partial charge in [-0.2, -0.15) is 15.1 Å². The minimum absolute atomic E-state index is 0.159. The van der Waals surface area contributed by atoms with E-state index in [0.29, 0.717) is 30.3 Å². The number of pyridine rings is 1. The summed E-state index contributed by atoms with van der Waals surface area (Å²) in [6.07, 6.45) is 2.65. The van der Waals surface area contributed by atoms with Gasteiger partial charge in [0.15, 0.2) is 11.6 Å². The molecule has 13 nitrogen and oxygen atoms in total. The van der Waals surface area contributed by atoms with Crippen LogP contribution in [0, 0.1) is 13.8 Å². The van der Waals surface area contributed by atoms with Crippen LogP contribution in [0.3, 0.4) is 0 Å². The van der Waals surface area contributed by atoms with Crippen molar-refractivity contribution in [2.24, 2.45) is 0 Å². The highest BCUT2D eigenvalue weighted by molar-refractivity contribution is 6.01. The van der Waals surface area contributed by atoms with Crippen molar-refractivity contribution in [2.75, 3.05) is 56.9 Å². The van der Waals surface area contributed by atoms with Gasteiger partial charge in [-0.15, -0.1) is 0 Å². The molecule has 0 saturated heterocycles. The van der Waals surface area contributed by atoms with Crippen LogP contribution in [0.2, 0.25) is 0 Å². The molecule has 0 fully saturated rings. The average molecular weight is 649 g/mol. The fourth-order valence-electron chi connectivity index (χ4n) is 5.00. The third-order valence-corrected chi connectivity index (χ3v) is 7.65. The van der Waals surface area contributed by atoms with Crippen LogP contribution in [0.5, 0.6) is 5.88 Å². The number of rotatable bonds is 13. The van der Waals surface area contributed by atoms with Gasteiger partial charge in [0.05, 0.1) is 24.0 Å². The summed E-state index contributed by atoms with van der Waals surface area (Å²) in [6.45, 7) is 9.23. The van der Waals surface area contributed by atoms with Crippen molar-refractivity contribution in [1.29, 1.82) is 0 Å². The van der Waals surface area contributed by atoms with E-state index in [1.54, 1.807) is 10.7 Å². The fourth-order valence-corrected chi connectivity index (χ4v) is 5.00. The van der Waals surface area contributed by atoms with Crippen molar-refractivity contribution < 1.29 is 14.3 Å². The second kappa shape index (κ2) is 14.7. The minimum atomic E-state index is -0.393. The Morgan fingerprint density at radius 1 is 1.00 bits per heavy atom. The molecule has 5 rings (SSSR count). The summed E-state index contributed by atoms with van der Waals surface area (Å²) >= 11 is 0. The fraction of sp³-hybridized carbons (Fsp3) is 0.257. The molecular formula is C35H40N10O3. The predicted molar refractivity (Wildman–Crippen MR) is 188 cm³/mol. The molecule has 0 unspecified atom stereocenters. The second-order valence-electron chi connectivity index (χ2n) is 11.6. The smallest absolute Gasteiger partial charge is 0.256 e. The maximum atomic E-state index is 13.6. The van der Waals surface area contributed by atoms with Gasteiger partial charge in [-0.05, 0) is 51.7 Å². The van der Waals surface area contributed by atoms with E-state index < -0.39 is 5.91 Å². The number of ether oxygens (including phenoxy) is 1. The highest BCUT2D eigenvalue weighted by Gasteiger charge is 2.22. The number of nitrogens with zero attached hydrogens (tertiary/aromatic N) is 7. The van der Waals surface area contributed by atoms with E-state index in [1.165, 1.54) is 19.4 Å². The predicted octanol–water partition coefficient (Wildman–Crippen LogP) is 4.63. The zero-order chi connectivity index (χ0) is 34.4. The normalized spacial score (nSPS) is 11.0. The lowest BCUT2D eigenvalue weighted by atomic mass is 10.1. The molecule has 248 valence electrons. The van der Waals surface area contributed by atoms with Crippen LogP contribution in [0.15, 0.2) is 73.4 Å². The molecular weight excluding hydrogens is 608 g/mol. The molecule has 0 atom stereocenters. The molecule has 2 amide bonds. The Morgan fingerprint density at radius 3 is 2.46 bits per heavy atom. The van der Waals surface area contributed by atoms with Crippen LogP contribution >= 0.6 is 0 Å². The van der Waals surface area contributed by atoms with Gasteiger partial charge in [0.2, 0.25) is 17.7 Å². The third-order valence-electron chi connectivity index (χ3n) is 7.65. The number of anilines is 4. The number of amides is 2. The molecule has 2 aromatic carbocycles.